The molecule has 1 aromatic heterocycles. The Kier molecular flexibility index (Phi) is 7.11. The van der Waals surface area contributed by atoms with Gasteiger partial charge in [-0.25, -0.2) is 0 Å². The molecular formula is C21H20N2O3S2. The lowest BCUT2D eigenvalue weighted by Gasteiger charge is -2.11. The molecule has 0 aliphatic carbocycles. The molecule has 2 N–H and O–H groups in total. The number of benzene rings is 2. The van der Waals surface area contributed by atoms with E-state index < -0.39 is 0 Å². The first-order chi connectivity index (χ1) is 13.7. The van der Waals surface area contributed by atoms with Crippen molar-refractivity contribution < 1.29 is 14.3 Å². The zero-order chi connectivity index (χ0) is 19.8. The minimum absolute atomic E-state index is 0.104. The summed E-state index contributed by atoms with van der Waals surface area (Å²) >= 11 is 2.83. The van der Waals surface area contributed by atoms with E-state index in [1.165, 1.54) is 23.1 Å². The Balaban J connectivity index is 1.51. The fourth-order valence-corrected chi connectivity index (χ4v) is 3.74. The largest absolute Gasteiger partial charge is 0.492 e. The van der Waals surface area contributed by atoms with Crippen molar-refractivity contribution in [1.82, 2.24) is 0 Å². The molecule has 0 unspecified atom stereocenters. The number of nitrogens with one attached hydrogen (secondary N) is 2. The highest BCUT2D eigenvalue weighted by molar-refractivity contribution is 8.00. The van der Waals surface area contributed by atoms with Gasteiger partial charge in [0.1, 0.15) is 5.75 Å². The van der Waals surface area contributed by atoms with Gasteiger partial charge < -0.3 is 15.4 Å². The number of rotatable bonds is 8. The van der Waals surface area contributed by atoms with Crippen molar-refractivity contribution in [2.75, 3.05) is 23.0 Å². The van der Waals surface area contributed by atoms with Crippen LogP contribution in [0.1, 0.15) is 16.6 Å². The van der Waals surface area contributed by atoms with E-state index in [-0.39, 0.29) is 17.6 Å². The van der Waals surface area contributed by atoms with E-state index >= 15 is 0 Å². The van der Waals surface area contributed by atoms with Gasteiger partial charge in [0.05, 0.1) is 22.9 Å². The van der Waals surface area contributed by atoms with Crippen molar-refractivity contribution in [2.24, 2.45) is 0 Å². The molecule has 28 heavy (non-hydrogen) atoms. The van der Waals surface area contributed by atoms with Gasteiger partial charge in [-0.2, -0.15) is 0 Å². The van der Waals surface area contributed by atoms with Crippen molar-refractivity contribution >= 4 is 46.3 Å². The van der Waals surface area contributed by atoms with Gasteiger partial charge in [0.15, 0.2) is 0 Å². The molecule has 0 saturated heterocycles. The smallest absolute Gasteiger partial charge is 0.265 e. The molecule has 3 rings (SSSR count). The first-order valence-corrected chi connectivity index (χ1v) is 10.6. The van der Waals surface area contributed by atoms with Gasteiger partial charge in [0.2, 0.25) is 5.91 Å². The number of amides is 2. The summed E-state index contributed by atoms with van der Waals surface area (Å²) in [6, 6.07) is 18.4. The Morgan fingerprint density at radius 1 is 1.00 bits per heavy atom. The summed E-state index contributed by atoms with van der Waals surface area (Å²) in [6.45, 7) is 2.44. The number of hydrogen-bond acceptors (Lipinski definition) is 5. The van der Waals surface area contributed by atoms with Crippen LogP contribution in [0.4, 0.5) is 11.4 Å². The minimum atomic E-state index is -0.122. The molecule has 2 aromatic carbocycles. The fraction of sp³-hybridized carbons (Fsp3) is 0.143. The van der Waals surface area contributed by atoms with Crippen LogP contribution in [0.2, 0.25) is 0 Å². The van der Waals surface area contributed by atoms with Gasteiger partial charge in [0.25, 0.3) is 5.91 Å². The van der Waals surface area contributed by atoms with Gasteiger partial charge in [-0.15, -0.1) is 23.1 Å². The second kappa shape index (κ2) is 9.96. The van der Waals surface area contributed by atoms with Gasteiger partial charge >= 0.3 is 0 Å². The molecule has 0 radical (unpaired) electrons. The maximum Gasteiger partial charge on any atom is 0.265 e. The van der Waals surface area contributed by atoms with E-state index in [9.17, 15) is 9.59 Å². The number of ether oxygens (including phenoxy) is 1. The molecule has 0 spiro atoms. The third kappa shape index (κ3) is 5.61. The molecule has 2 amide bonds. The van der Waals surface area contributed by atoms with E-state index in [0.717, 1.165) is 10.6 Å². The summed E-state index contributed by atoms with van der Waals surface area (Å²) in [6.07, 6.45) is 0. The summed E-state index contributed by atoms with van der Waals surface area (Å²) in [5.41, 5.74) is 1.39. The van der Waals surface area contributed by atoms with E-state index in [1.807, 2.05) is 66.9 Å². The molecule has 144 valence electrons. The molecule has 1 heterocycles. The zero-order valence-corrected chi connectivity index (χ0v) is 16.9. The maximum atomic E-state index is 12.2. The molecule has 0 atom stereocenters. The Morgan fingerprint density at radius 2 is 1.79 bits per heavy atom. The number of thiophene rings is 1. The monoisotopic (exact) mass is 412 g/mol. The van der Waals surface area contributed by atoms with Crippen LogP contribution in [-0.4, -0.2) is 24.2 Å². The van der Waals surface area contributed by atoms with E-state index in [0.29, 0.717) is 22.9 Å². The predicted octanol–water partition coefficient (Wildman–Crippen LogP) is 5.13. The number of thioether (sulfide) groups is 1. The van der Waals surface area contributed by atoms with Gasteiger partial charge in [-0.1, -0.05) is 18.2 Å². The van der Waals surface area contributed by atoms with Crippen molar-refractivity contribution in [3.63, 3.8) is 0 Å². The topological polar surface area (TPSA) is 67.4 Å². The highest BCUT2D eigenvalue weighted by Gasteiger charge is 2.09. The summed E-state index contributed by atoms with van der Waals surface area (Å²) < 4.78 is 5.52. The van der Waals surface area contributed by atoms with E-state index in [2.05, 4.69) is 10.6 Å². The SMILES string of the molecule is CCOc1ccccc1NC(=O)CSc1ccc(NC(=O)c2cccs2)cc1. The van der Waals surface area contributed by atoms with Crippen LogP contribution >= 0.6 is 23.1 Å². The molecule has 3 aromatic rings. The third-order valence-corrected chi connectivity index (χ3v) is 5.57. The fourth-order valence-electron chi connectivity index (χ4n) is 2.42. The number of carbonyl (C=O) groups excluding carboxylic acids is 2. The molecular weight excluding hydrogens is 392 g/mol. The van der Waals surface area contributed by atoms with Gasteiger partial charge in [0, 0.05) is 10.6 Å². The van der Waals surface area contributed by atoms with Crippen LogP contribution in [0.3, 0.4) is 0 Å². The first-order valence-electron chi connectivity index (χ1n) is 8.75. The van der Waals surface area contributed by atoms with Crippen LogP contribution in [0.5, 0.6) is 5.75 Å². The van der Waals surface area contributed by atoms with Crippen LogP contribution < -0.4 is 15.4 Å². The minimum Gasteiger partial charge on any atom is -0.492 e. The summed E-state index contributed by atoms with van der Waals surface area (Å²) in [5, 5.41) is 7.60. The standard InChI is InChI=1S/C21H20N2O3S2/c1-2-26-18-7-4-3-6-17(18)23-20(24)14-28-16-11-9-15(10-12-16)22-21(25)19-8-5-13-27-19/h3-13H,2,14H2,1H3,(H,22,25)(H,23,24). The lowest BCUT2D eigenvalue weighted by Crippen LogP contribution is -2.15. The van der Waals surface area contributed by atoms with Crippen LogP contribution in [-0.2, 0) is 4.79 Å². The van der Waals surface area contributed by atoms with E-state index in [1.54, 1.807) is 6.07 Å². The van der Waals surface area contributed by atoms with Crippen LogP contribution in [0, 0.1) is 0 Å². The highest BCUT2D eigenvalue weighted by Crippen LogP contribution is 2.25. The molecule has 7 heteroatoms. The number of anilines is 2. The Morgan fingerprint density at radius 3 is 2.50 bits per heavy atom. The lowest BCUT2D eigenvalue weighted by molar-refractivity contribution is -0.113. The van der Waals surface area contributed by atoms with Crippen molar-refractivity contribution in [1.29, 1.82) is 0 Å². The predicted molar refractivity (Wildman–Crippen MR) is 116 cm³/mol. The molecule has 5 nitrogen and oxygen atoms in total. The zero-order valence-electron chi connectivity index (χ0n) is 15.3. The van der Waals surface area contributed by atoms with Crippen molar-refractivity contribution in [3.8, 4) is 5.75 Å². The number of para-hydroxylation sites is 2. The van der Waals surface area contributed by atoms with Crippen molar-refractivity contribution in [2.45, 2.75) is 11.8 Å². The summed E-state index contributed by atoms with van der Waals surface area (Å²) in [4.78, 5) is 25.9. The quantitative estimate of drug-likeness (QED) is 0.503. The highest BCUT2D eigenvalue weighted by atomic mass is 32.2. The van der Waals surface area contributed by atoms with E-state index in [4.69, 9.17) is 4.74 Å². The average Bonchev–Trinajstić information content (AvgIpc) is 3.24. The molecule has 0 saturated carbocycles. The summed E-state index contributed by atoms with van der Waals surface area (Å²) in [5.74, 6) is 0.714. The lowest BCUT2D eigenvalue weighted by atomic mass is 10.3. The maximum absolute atomic E-state index is 12.2. The third-order valence-electron chi connectivity index (χ3n) is 3.69. The number of hydrogen-bond donors (Lipinski definition) is 2. The average molecular weight is 413 g/mol. The number of carbonyl (C=O) groups is 2. The van der Waals surface area contributed by atoms with Crippen LogP contribution in [0.25, 0.3) is 0 Å². The molecule has 0 fully saturated rings. The second-order valence-corrected chi connectivity index (χ2v) is 7.72. The summed E-state index contributed by atoms with van der Waals surface area (Å²) in [7, 11) is 0. The van der Waals surface area contributed by atoms with Gasteiger partial charge in [-0.05, 0) is 54.8 Å². The first kappa shape index (κ1) is 20.0. The normalized spacial score (nSPS) is 10.3. The van der Waals surface area contributed by atoms with Crippen LogP contribution in [0.15, 0.2) is 70.9 Å². The molecule has 0 aliphatic heterocycles. The Hall–Kier alpha value is -2.77. The molecule has 0 aliphatic rings. The molecule has 0 bridgehead atoms. The van der Waals surface area contributed by atoms with Gasteiger partial charge in [-0.3, -0.25) is 9.59 Å². The Bertz CT molecular complexity index is 925. The Labute approximate surface area is 172 Å². The van der Waals surface area contributed by atoms with Crippen molar-refractivity contribution in [3.05, 3.63) is 70.9 Å². The second-order valence-electron chi connectivity index (χ2n) is 5.72.